The minimum Gasteiger partial charge on any atom is -0.495 e. The van der Waals surface area contributed by atoms with Crippen molar-refractivity contribution in [3.8, 4) is 5.75 Å². The summed E-state index contributed by atoms with van der Waals surface area (Å²) in [6.45, 7) is 4.87. The third-order valence-corrected chi connectivity index (χ3v) is 6.75. The van der Waals surface area contributed by atoms with E-state index in [1.54, 1.807) is 20.8 Å². The van der Waals surface area contributed by atoms with Crippen molar-refractivity contribution in [3.05, 3.63) is 64.2 Å². The normalized spacial score (nSPS) is 12.1. The fourth-order valence-corrected chi connectivity index (χ4v) is 4.70. The second-order valence-electron chi connectivity index (χ2n) is 8.79. The monoisotopic (exact) mass is 534 g/mol. The smallest absolute Gasteiger partial charge is 0.271 e. The molecule has 2 amide bonds. The zero-order chi connectivity index (χ0) is 27.8. The standard InChI is InChI=1S/C25H34N4O7S/c1-6-21(25(31)26-18(2)3)27(15-14-19-10-8-7-9-11-19)24(30)17-28(37(5,34)35)22-16-20(29(32)33)12-13-23(22)36-4/h7-13,16,18,21H,6,14-15,17H2,1-5H3,(H,26,31)/t21-/m1/s1. The number of hydrogen-bond donors (Lipinski definition) is 1. The molecule has 0 radical (unpaired) electrons. The summed E-state index contributed by atoms with van der Waals surface area (Å²) in [5.41, 5.74) is 0.440. The van der Waals surface area contributed by atoms with E-state index in [0.717, 1.165) is 22.2 Å². The first kappa shape index (κ1) is 29.6. The van der Waals surface area contributed by atoms with Gasteiger partial charge in [-0.05, 0) is 38.3 Å². The predicted molar refractivity (Wildman–Crippen MR) is 141 cm³/mol. The van der Waals surface area contributed by atoms with Gasteiger partial charge in [0.15, 0.2) is 0 Å². The van der Waals surface area contributed by atoms with Crippen LogP contribution in [0.1, 0.15) is 32.8 Å². The molecule has 202 valence electrons. The van der Waals surface area contributed by atoms with Crippen LogP contribution in [0.4, 0.5) is 11.4 Å². The fourth-order valence-electron chi connectivity index (χ4n) is 3.86. The number of carbonyl (C=O) groups is 2. The maximum absolute atomic E-state index is 13.7. The van der Waals surface area contributed by atoms with E-state index in [1.807, 2.05) is 30.3 Å². The van der Waals surface area contributed by atoms with Gasteiger partial charge in [0.2, 0.25) is 21.8 Å². The third-order valence-electron chi connectivity index (χ3n) is 5.62. The van der Waals surface area contributed by atoms with Crippen molar-refractivity contribution < 1.29 is 27.7 Å². The molecule has 0 aromatic heterocycles. The van der Waals surface area contributed by atoms with Crippen molar-refractivity contribution in [2.75, 3.05) is 30.8 Å². The van der Waals surface area contributed by atoms with Crippen LogP contribution in [-0.4, -0.2) is 68.6 Å². The number of sulfonamides is 1. The lowest BCUT2D eigenvalue weighted by Crippen LogP contribution is -2.54. The zero-order valence-corrected chi connectivity index (χ0v) is 22.5. The van der Waals surface area contributed by atoms with Crippen molar-refractivity contribution in [1.82, 2.24) is 10.2 Å². The Morgan fingerprint density at radius 1 is 1.14 bits per heavy atom. The number of anilines is 1. The number of methoxy groups -OCH3 is 1. The zero-order valence-electron chi connectivity index (χ0n) is 21.7. The summed E-state index contributed by atoms with van der Waals surface area (Å²) < 4.78 is 31.6. The number of rotatable bonds is 13. The topological polar surface area (TPSA) is 139 Å². The summed E-state index contributed by atoms with van der Waals surface area (Å²) in [7, 11) is -2.78. The molecule has 2 aromatic rings. The summed E-state index contributed by atoms with van der Waals surface area (Å²) in [4.78, 5) is 38.7. The molecule has 0 aliphatic heterocycles. The first-order valence-corrected chi connectivity index (χ1v) is 13.7. The van der Waals surface area contributed by atoms with Gasteiger partial charge >= 0.3 is 0 Å². The highest BCUT2D eigenvalue weighted by Crippen LogP contribution is 2.33. The minimum absolute atomic E-state index is 0.0456. The van der Waals surface area contributed by atoms with E-state index < -0.39 is 33.4 Å². The average molecular weight is 535 g/mol. The van der Waals surface area contributed by atoms with Gasteiger partial charge in [-0.15, -0.1) is 0 Å². The number of nitrogens with one attached hydrogen (secondary N) is 1. The molecule has 0 aliphatic rings. The quantitative estimate of drug-likeness (QED) is 0.308. The van der Waals surface area contributed by atoms with E-state index in [9.17, 15) is 28.1 Å². The molecule has 11 nitrogen and oxygen atoms in total. The van der Waals surface area contributed by atoms with Crippen molar-refractivity contribution >= 4 is 33.2 Å². The molecule has 1 N–H and O–H groups in total. The number of carbonyl (C=O) groups excluding carboxylic acids is 2. The second kappa shape index (κ2) is 13.0. The number of amides is 2. The van der Waals surface area contributed by atoms with Crippen LogP contribution in [0.15, 0.2) is 48.5 Å². The SMILES string of the molecule is CC[C@H](C(=O)NC(C)C)N(CCc1ccccc1)C(=O)CN(c1cc([N+](=O)[O-])ccc1OC)S(C)(=O)=O. The van der Waals surface area contributed by atoms with Gasteiger partial charge in [-0.3, -0.25) is 24.0 Å². The van der Waals surface area contributed by atoms with Crippen molar-refractivity contribution in [2.24, 2.45) is 0 Å². The largest absolute Gasteiger partial charge is 0.495 e. The molecular weight excluding hydrogens is 500 g/mol. The number of nitrogens with zero attached hydrogens (tertiary/aromatic N) is 3. The number of ether oxygens (including phenoxy) is 1. The van der Waals surface area contributed by atoms with Gasteiger partial charge in [0, 0.05) is 24.7 Å². The van der Waals surface area contributed by atoms with Crippen LogP contribution in [0, 0.1) is 10.1 Å². The lowest BCUT2D eigenvalue weighted by Gasteiger charge is -2.33. The van der Waals surface area contributed by atoms with E-state index in [4.69, 9.17) is 4.74 Å². The molecule has 37 heavy (non-hydrogen) atoms. The molecule has 0 fully saturated rings. The van der Waals surface area contributed by atoms with Crippen LogP contribution in [0.3, 0.4) is 0 Å². The highest BCUT2D eigenvalue weighted by molar-refractivity contribution is 7.92. The van der Waals surface area contributed by atoms with Crippen LogP contribution < -0.4 is 14.4 Å². The van der Waals surface area contributed by atoms with Crippen LogP contribution in [-0.2, 0) is 26.0 Å². The molecule has 0 heterocycles. The van der Waals surface area contributed by atoms with Crippen LogP contribution >= 0.6 is 0 Å². The van der Waals surface area contributed by atoms with Crippen LogP contribution in [0.5, 0.6) is 5.75 Å². The van der Waals surface area contributed by atoms with Crippen molar-refractivity contribution in [2.45, 2.75) is 45.7 Å². The van der Waals surface area contributed by atoms with Crippen molar-refractivity contribution in [1.29, 1.82) is 0 Å². The predicted octanol–water partition coefficient (Wildman–Crippen LogP) is 2.74. The first-order valence-electron chi connectivity index (χ1n) is 11.8. The minimum atomic E-state index is -4.08. The van der Waals surface area contributed by atoms with E-state index in [2.05, 4.69) is 5.32 Å². The molecule has 2 aromatic carbocycles. The van der Waals surface area contributed by atoms with E-state index in [1.165, 1.54) is 24.1 Å². The van der Waals surface area contributed by atoms with Gasteiger partial charge in [0.25, 0.3) is 5.69 Å². The average Bonchev–Trinajstić information content (AvgIpc) is 2.83. The maximum Gasteiger partial charge on any atom is 0.271 e. The lowest BCUT2D eigenvalue weighted by atomic mass is 10.1. The highest BCUT2D eigenvalue weighted by atomic mass is 32.2. The molecule has 0 saturated carbocycles. The number of non-ortho nitro benzene ring substituents is 1. The molecule has 0 unspecified atom stereocenters. The molecular formula is C25H34N4O7S. The molecule has 0 spiro atoms. The molecule has 0 bridgehead atoms. The first-order chi connectivity index (χ1) is 17.4. The molecule has 0 aliphatic carbocycles. The molecule has 0 saturated heterocycles. The molecule has 1 atom stereocenters. The Morgan fingerprint density at radius 3 is 2.30 bits per heavy atom. The van der Waals surface area contributed by atoms with Gasteiger partial charge in [0.1, 0.15) is 24.0 Å². The van der Waals surface area contributed by atoms with E-state index in [-0.39, 0.29) is 35.6 Å². The number of nitro groups is 1. The molecule has 12 heteroatoms. The van der Waals surface area contributed by atoms with Crippen LogP contribution in [0.2, 0.25) is 0 Å². The Labute approximate surface area is 217 Å². The summed E-state index contributed by atoms with van der Waals surface area (Å²) >= 11 is 0. The Kier molecular flexibility index (Phi) is 10.4. The van der Waals surface area contributed by atoms with Crippen molar-refractivity contribution in [3.63, 3.8) is 0 Å². The summed E-state index contributed by atoms with van der Waals surface area (Å²) in [6.07, 6.45) is 1.64. The van der Waals surface area contributed by atoms with E-state index in [0.29, 0.717) is 12.8 Å². The van der Waals surface area contributed by atoms with Crippen LogP contribution in [0.25, 0.3) is 0 Å². The van der Waals surface area contributed by atoms with Gasteiger partial charge in [-0.2, -0.15) is 0 Å². The number of hydrogen-bond acceptors (Lipinski definition) is 7. The number of benzene rings is 2. The van der Waals surface area contributed by atoms with Gasteiger partial charge in [0.05, 0.1) is 18.3 Å². The van der Waals surface area contributed by atoms with Gasteiger partial charge < -0.3 is 15.0 Å². The Balaban J connectivity index is 2.49. The Bertz CT molecular complexity index is 1200. The maximum atomic E-state index is 13.7. The summed E-state index contributed by atoms with van der Waals surface area (Å²) in [6, 6.07) is 11.9. The summed E-state index contributed by atoms with van der Waals surface area (Å²) in [5.74, 6) is -0.928. The summed E-state index contributed by atoms with van der Waals surface area (Å²) in [5, 5.41) is 14.2. The highest BCUT2D eigenvalue weighted by Gasteiger charge is 2.33. The lowest BCUT2D eigenvalue weighted by molar-refractivity contribution is -0.384. The van der Waals surface area contributed by atoms with Gasteiger partial charge in [-0.1, -0.05) is 37.3 Å². The Morgan fingerprint density at radius 2 is 1.78 bits per heavy atom. The second-order valence-corrected chi connectivity index (χ2v) is 10.7. The third kappa shape index (κ3) is 8.17. The number of nitro benzene ring substituents is 1. The Hall–Kier alpha value is -3.67. The van der Waals surface area contributed by atoms with Gasteiger partial charge in [-0.25, -0.2) is 8.42 Å². The molecule has 2 rings (SSSR count). The fraction of sp³-hybridized carbons (Fsp3) is 0.440. The van der Waals surface area contributed by atoms with E-state index >= 15 is 0 Å².